The number of carbonyl (C=O) groups excluding carboxylic acids is 1. The van der Waals surface area contributed by atoms with E-state index >= 15 is 0 Å². The molecule has 0 saturated carbocycles. The van der Waals surface area contributed by atoms with Crippen molar-refractivity contribution >= 4 is 23.7 Å². The lowest BCUT2D eigenvalue weighted by molar-refractivity contribution is 0.0955. The molecular weight excluding hydrogens is 432 g/mol. The lowest BCUT2D eigenvalue weighted by Crippen LogP contribution is -2.17. The summed E-state index contributed by atoms with van der Waals surface area (Å²) in [6.07, 6.45) is 1.48. The van der Waals surface area contributed by atoms with E-state index in [0.29, 0.717) is 40.0 Å². The highest BCUT2D eigenvalue weighted by Crippen LogP contribution is 2.33. The van der Waals surface area contributed by atoms with Gasteiger partial charge in [0.05, 0.1) is 27.5 Å². The number of nitrogens with zero attached hydrogens (tertiary/aromatic N) is 1. The van der Waals surface area contributed by atoms with Crippen LogP contribution in [0.25, 0.3) is 0 Å². The van der Waals surface area contributed by atoms with E-state index in [1.807, 2.05) is 12.1 Å². The van der Waals surface area contributed by atoms with E-state index in [1.54, 1.807) is 55.6 Å². The molecule has 1 N–H and O–H groups in total. The third kappa shape index (κ3) is 5.92. The molecule has 0 aliphatic rings. The van der Waals surface area contributed by atoms with Gasteiger partial charge in [-0.2, -0.15) is 5.10 Å². The van der Waals surface area contributed by atoms with Crippen molar-refractivity contribution < 1.29 is 23.7 Å². The first-order valence-corrected chi connectivity index (χ1v) is 10.0. The van der Waals surface area contributed by atoms with Crippen LogP contribution >= 0.6 is 11.6 Å². The van der Waals surface area contributed by atoms with E-state index in [9.17, 15) is 4.79 Å². The van der Waals surface area contributed by atoms with Gasteiger partial charge >= 0.3 is 0 Å². The van der Waals surface area contributed by atoms with Gasteiger partial charge in [-0.05, 0) is 48.0 Å². The fourth-order valence-electron chi connectivity index (χ4n) is 2.83. The molecule has 0 heterocycles. The molecular formula is C24H23ClN2O5. The first-order chi connectivity index (χ1) is 15.5. The zero-order valence-electron chi connectivity index (χ0n) is 17.9. The highest BCUT2D eigenvalue weighted by Gasteiger charge is 2.11. The Morgan fingerprint density at radius 3 is 2.16 bits per heavy atom. The summed E-state index contributed by atoms with van der Waals surface area (Å²) in [6.45, 7) is 0.376. The van der Waals surface area contributed by atoms with Gasteiger partial charge < -0.3 is 18.9 Å². The second kappa shape index (κ2) is 11.1. The molecule has 0 radical (unpaired) electrons. The Kier molecular flexibility index (Phi) is 7.94. The summed E-state index contributed by atoms with van der Waals surface area (Å²) in [5.74, 6) is 1.97. The fraction of sp³-hybridized carbons (Fsp3) is 0.167. The molecule has 1 amide bonds. The van der Waals surface area contributed by atoms with Crippen molar-refractivity contribution in [3.8, 4) is 23.0 Å². The van der Waals surface area contributed by atoms with E-state index in [0.717, 1.165) is 11.3 Å². The van der Waals surface area contributed by atoms with Crippen molar-refractivity contribution in [2.45, 2.75) is 6.61 Å². The zero-order valence-corrected chi connectivity index (χ0v) is 18.7. The van der Waals surface area contributed by atoms with Gasteiger partial charge in [0.1, 0.15) is 18.1 Å². The Morgan fingerprint density at radius 2 is 1.53 bits per heavy atom. The molecule has 3 aromatic rings. The van der Waals surface area contributed by atoms with Crippen molar-refractivity contribution in [2.24, 2.45) is 5.10 Å². The minimum atomic E-state index is -0.342. The first kappa shape index (κ1) is 23.0. The van der Waals surface area contributed by atoms with E-state index in [1.165, 1.54) is 20.4 Å². The summed E-state index contributed by atoms with van der Waals surface area (Å²) in [6, 6.07) is 17.6. The lowest BCUT2D eigenvalue weighted by atomic mass is 10.1. The van der Waals surface area contributed by atoms with Crippen molar-refractivity contribution in [2.75, 3.05) is 21.3 Å². The van der Waals surface area contributed by atoms with Crippen LogP contribution in [-0.2, 0) is 6.61 Å². The van der Waals surface area contributed by atoms with Gasteiger partial charge in [-0.3, -0.25) is 4.79 Å². The van der Waals surface area contributed by atoms with Crippen LogP contribution in [0, 0.1) is 0 Å². The molecule has 0 fully saturated rings. The predicted molar refractivity (Wildman–Crippen MR) is 123 cm³/mol. The number of nitrogens with one attached hydrogen (secondary N) is 1. The first-order valence-electron chi connectivity index (χ1n) is 9.64. The Bertz CT molecular complexity index is 1080. The summed E-state index contributed by atoms with van der Waals surface area (Å²) < 4.78 is 21.6. The number of ether oxygens (including phenoxy) is 4. The number of hydrogen-bond acceptors (Lipinski definition) is 6. The van der Waals surface area contributed by atoms with Gasteiger partial charge in [-0.25, -0.2) is 5.43 Å². The highest BCUT2D eigenvalue weighted by molar-refractivity contribution is 6.30. The van der Waals surface area contributed by atoms with E-state index in [-0.39, 0.29) is 5.91 Å². The normalized spacial score (nSPS) is 10.6. The summed E-state index contributed by atoms with van der Waals surface area (Å²) >= 11 is 5.87. The van der Waals surface area contributed by atoms with Crippen LogP contribution in [0.4, 0.5) is 0 Å². The topological polar surface area (TPSA) is 78.4 Å². The molecule has 7 nitrogen and oxygen atoms in total. The largest absolute Gasteiger partial charge is 0.496 e. The molecule has 0 bridgehead atoms. The number of amides is 1. The molecule has 3 aromatic carbocycles. The number of carbonyl (C=O) groups is 1. The monoisotopic (exact) mass is 454 g/mol. The molecule has 0 spiro atoms. The standard InChI is InChI=1S/C24H23ClN2O5/c1-29-21-13-23(31-3)22(30-2)12-18(21)14-26-27-24(28)17-6-4-16(5-7-17)15-32-20-10-8-19(25)9-11-20/h4-14H,15H2,1-3H3,(H,27,28)/b26-14+. The van der Waals surface area contributed by atoms with Crippen LogP contribution in [-0.4, -0.2) is 33.5 Å². The Hall–Kier alpha value is -3.71. The van der Waals surface area contributed by atoms with Crippen molar-refractivity contribution in [3.63, 3.8) is 0 Å². The number of hydrogen-bond donors (Lipinski definition) is 1. The summed E-state index contributed by atoms with van der Waals surface area (Å²) in [5, 5.41) is 4.68. The smallest absolute Gasteiger partial charge is 0.271 e. The van der Waals surface area contributed by atoms with Crippen molar-refractivity contribution in [1.82, 2.24) is 5.43 Å². The molecule has 0 saturated heterocycles. The number of halogens is 1. The molecule has 8 heteroatoms. The van der Waals surface area contributed by atoms with E-state index < -0.39 is 0 Å². The molecule has 0 unspecified atom stereocenters. The number of methoxy groups -OCH3 is 3. The molecule has 0 atom stereocenters. The Morgan fingerprint density at radius 1 is 0.906 bits per heavy atom. The second-order valence-corrected chi connectivity index (χ2v) is 7.02. The third-order valence-corrected chi connectivity index (χ3v) is 4.79. The number of rotatable bonds is 9. The quantitative estimate of drug-likeness (QED) is 0.374. The SMILES string of the molecule is COc1cc(OC)c(OC)cc1/C=N/NC(=O)c1ccc(COc2ccc(Cl)cc2)cc1. The summed E-state index contributed by atoms with van der Waals surface area (Å²) in [4.78, 5) is 12.4. The maximum Gasteiger partial charge on any atom is 0.271 e. The van der Waals surface area contributed by atoms with Gasteiger partial charge in [0.15, 0.2) is 11.5 Å². The highest BCUT2D eigenvalue weighted by atomic mass is 35.5. The third-order valence-electron chi connectivity index (χ3n) is 4.54. The van der Waals surface area contributed by atoms with Gasteiger partial charge in [-0.1, -0.05) is 23.7 Å². The molecule has 32 heavy (non-hydrogen) atoms. The number of benzene rings is 3. The Labute approximate surface area is 191 Å². The number of hydrazone groups is 1. The molecule has 166 valence electrons. The molecule has 3 rings (SSSR count). The molecule has 0 aliphatic carbocycles. The summed E-state index contributed by atoms with van der Waals surface area (Å²) in [7, 11) is 4.62. The molecule has 0 aliphatic heterocycles. The zero-order chi connectivity index (χ0) is 22.9. The average molecular weight is 455 g/mol. The van der Waals surface area contributed by atoms with Crippen LogP contribution in [0.2, 0.25) is 5.02 Å². The average Bonchev–Trinajstić information content (AvgIpc) is 2.83. The van der Waals surface area contributed by atoms with Crippen LogP contribution in [0.15, 0.2) is 65.8 Å². The second-order valence-electron chi connectivity index (χ2n) is 6.59. The maximum atomic E-state index is 12.4. The van der Waals surface area contributed by atoms with Gasteiger partial charge in [-0.15, -0.1) is 0 Å². The Balaban J connectivity index is 1.60. The molecule has 0 aromatic heterocycles. The lowest BCUT2D eigenvalue weighted by Gasteiger charge is -2.11. The minimum Gasteiger partial charge on any atom is -0.496 e. The van der Waals surface area contributed by atoms with Crippen LogP contribution < -0.4 is 24.4 Å². The summed E-state index contributed by atoms with van der Waals surface area (Å²) in [5.41, 5.74) is 4.53. The maximum absolute atomic E-state index is 12.4. The van der Waals surface area contributed by atoms with Gasteiger partial charge in [0.2, 0.25) is 0 Å². The van der Waals surface area contributed by atoms with Crippen molar-refractivity contribution in [3.05, 3.63) is 82.4 Å². The fourth-order valence-corrected chi connectivity index (χ4v) is 2.95. The van der Waals surface area contributed by atoms with Crippen LogP contribution in [0.3, 0.4) is 0 Å². The van der Waals surface area contributed by atoms with E-state index in [2.05, 4.69) is 10.5 Å². The van der Waals surface area contributed by atoms with Gasteiger partial charge in [0, 0.05) is 22.2 Å². The minimum absolute atomic E-state index is 0.342. The van der Waals surface area contributed by atoms with Crippen LogP contribution in [0.5, 0.6) is 23.0 Å². The van der Waals surface area contributed by atoms with Crippen molar-refractivity contribution in [1.29, 1.82) is 0 Å². The predicted octanol–water partition coefficient (Wildman–Crippen LogP) is 4.71. The van der Waals surface area contributed by atoms with Crippen LogP contribution in [0.1, 0.15) is 21.5 Å². The van der Waals surface area contributed by atoms with E-state index in [4.69, 9.17) is 30.5 Å². The van der Waals surface area contributed by atoms with Gasteiger partial charge in [0.25, 0.3) is 5.91 Å².